The molecule has 0 saturated heterocycles. The van der Waals surface area contributed by atoms with Gasteiger partial charge < -0.3 is 14.9 Å². The molecule has 4 saturated carbocycles. The second kappa shape index (κ2) is 6.88. The molecule has 0 radical (unpaired) electrons. The van der Waals surface area contributed by atoms with Crippen LogP contribution in [0.25, 0.3) is 0 Å². The fourth-order valence-corrected chi connectivity index (χ4v) is 7.92. The van der Waals surface area contributed by atoms with Crippen molar-refractivity contribution < 1.29 is 29.3 Å². The van der Waals surface area contributed by atoms with Crippen LogP contribution in [0.2, 0.25) is 0 Å². The van der Waals surface area contributed by atoms with E-state index >= 15 is 0 Å². The maximum atomic E-state index is 12.9. The van der Waals surface area contributed by atoms with Crippen LogP contribution < -0.4 is 0 Å². The molecule has 0 bridgehead atoms. The Kier molecular flexibility index (Phi) is 4.97. The minimum atomic E-state index is -1.57. The molecule has 4 aliphatic rings. The molecule has 6 nitrogen and oxygen atoms in total. The van der Waals surface area contributed by atoms with Crippen LogP contribution >= 0.6 is 0 Å². The van der Waals surface area contributed by atoms with E-state index in [1.165, 1.54) is 6.92 Å². The number of hydrogen-bond acceptors (Lipinski definition) is 6. The quantitative estimate of drug-likeness (QED) is 0.698. The highest BCUT2D eigenvalue weighted by Gasteiger charge is 2.68. The van der Waals surface area contributed by atoms with E-state index in [1.807, 2.05) is 6.92 Å². The van der Waals surface area contributed by atoms with Crippen LogP contribution in [0.4, 0.5) is 0 Å². The lowest BCUT2D eigenvalue weighted by molar-refractivity contribution is -0.199. The average Bonchev–Trinajstić information content (AvgIpc) is 2.91. The van der Waals surface area contributed by atoms with Gasteiger partial charge in [0.1, 0.15) is 11.4 Å². The number of fused-ring (bicyclic) bond motifs is 5. The SMILES string of the molecule is CC(=O)OCC(=O)[C@@]1(O)CC[C@H]2[C@@H]3CCC4CC(=O)CC[C@]4(C)[C@H]3[C@@H](O)C[C@@]21C. The number of Topliss-reactive ketones (excluding diaryl/α,β-unsaturated/α-hetero) is 2. The van der Waals surface area contributed by atoms with Crippen molar-refractivity contribution in [3.05, 3.63) is 0 Å². The summed E-state index contributed by atoms with van der Waals surface area (Å²) < 4.78 is 4.89. The monoisotopic (exact) mass is 406 g/mol. The zero-order valence-corrected chi connectivity index (χ0v) is 17.8. The van der Waals surface area contributed by atoms with E-state index in [1.54, 1.807) is 0 Å². The van der Waals surface area contributed by atoms with E-state index in [0.717, 1.165) is 25.7 Å². The van der Waals surface area contributed by atoms with Crippen molar-refractivity contribution in [3.63, 3.8) is 0 Å². The third-order valence-electron chi connectivity index (χ3n) is 9.43. The lowest BCUT2D eigenvalue weighted by atomic mass is 9.43. The zero-order chi connectivity index (χ0) is 21.2. The first-order valence-corrected chi connectivity index (χ1v) is 11.1. The van der Waals surface area contributed by atoms with Gasteiger partial charge in [-0.1, -0.05) is 13.8 Å². The summed E-state index contributed by atoms with van der Waals surface area (Å²) in [7, 11) is 0. The summed E-state index contributed by atoms with van der Waals surface area (Å²) in [5.74, 6) is 0.182. The van der Waals surface area contributed by atoms with E-state index in [2.05, 4.69) is 6.92 Å². The summed E-state index contributed by atoms with van der Waals surface area (Å²) in [6.07, 6.45) is 4.81. The molecule has 4 fully saturated rings. The number of aliphatic hydroxyl groups is 2. The summed E-state index contributed by atoms with van der Waals surface area (Å²) in [5, 5.41) is 22.8. The van der Waals surface area contributed by atoms with Gasteiger partial charge in [0.25, 0.3) is 0 Å². The number of ketones is 2. The molecule has 0 aromatic carbocycles. The molecule has 6 heteroatoms. The van der Waals surface area contributed by atoms with Crippen molar-refractivity contribution in [1.29, 1.82) is 0 Å². The standard InChI is InChI=1S/C23H34O6/c1-13(24)29-12-19(27)23(28)9-7-17-16-5-4-14-10-15(25)6-8-21(14,2)20(16)18(26)11-22(17,23)3/h14,16-18,20,26,28H,4-12H2,1-3H3/t14?,16-,17-,18-,20+,21-,22-,23-/m0/s1. The Morgan fingerprint density at radius 1 is 1.17 bits per heavy atom. The van der Waals surface area contributed by atoms with Gasteiger partial charge in [-0.25, -0.2) is 0 Å². The zero-order valence-electron chi connectivity index (χ0n) is 17.8. The summed E-state index contributed by atoms with van der Waals surface area (Å²) in [5.41, 5.74) is -2.35. The molecule has 0 heterocycles. The van der Waals surface area contributed by atoms with Crippen molar-refractivity contribution >= 4 is 17.5 Å². The lowest BCUT2D eigenvalue weighted by Crippen LogP contribution is -2.63. The van der Waals surface area contributed by atoms with Crippen LogP contribution in [0.15, 0.2) is 0 Å². The summed E-state index contributed by atoms with van der Waals surface area (Å²) in [6, 6.07) is 0. The Balaban J connectivity index is 1.63. The van der Waals surface area contributed by atoms with Gasteiger partial charge in [0, 0.05) is 25.2 Å². The molecule has 0 aromatic heterocycles. The van der Waals surface area contributed by atoms with Crippen LogP contribution in [0.5, 0.6) is 0 Å². The number of carbonyl (C=O) groups is 3. The molecule has 0 aliphatic heterocycles. The van der Waals surface area contributed by atoms with Crippen LogP contribution in [-0.4, -0.2) is 46.1 Å². The molecular formula is C23H34O6. The minimum Gasteiger partial charge on any atom is -0.458 e. The highest BCUT2D eigenvalue weighted by Crippen LogP contribution is 2.68. The van der Waals surface area contributed by atoms with Crippen molar-refractivity contribution in [3.8, 4) is 0 Å². The van der Waals surface area contributed by atoms with Gasteiger partial charge >= 0.3 is 5.97 Å². The largest absolute Gasteiger partial charge is 0.458 e. The number of ether oxygens (including phenoxy) is 1. The number of esters is 1. The van der Waals surface area contributed by atoms with E-state index in [9.17, 15) is 24.6 Å². The summed E-state index contributed by atoms with van der Waals surface area (Å²) >= 11 is 0. The van der Waals surface area contributed by atoms with Gasteiger partial charge in [0.15, 0.2) is 6.61 Å². The third-order valence-corrected chi connectivity index (χ3v) is 9.43. The first-order chi connectivity index (χ1) is 13.5. The Bertz CT molecular complexity index is 733. The molecule has 162 valence electrons. The van der Waals surface area contributed by atoms with Crippen molar-refractivity contribution in [2.45, 2.75) is 83.8 Å². The number of rotatable bonds is 3. The average molecular weight is 407 g/mol. The number of carbonyl (C=O) groups excluding carboxylic acids is 3. The van der Waals surface area contributed by atoms with Gasteiger partial charge in [-0.3, -0.25) is 14.4 Å². The van der Waals surface area contributed by atoms with E-state index in [-0.39, 0.29) is 23.2 Å². The van der Waals surface area contributed by atoms with E-state index in [4.69, 9.17) is 4.74 Å². The van der Waals surface area contributed by atoms with Gasteiger partial charge in [0.05, 0.1) is 6.10 Å². The lowest BCUT2D eigenvalue weighted by Gasteiger charge is -2.62. The van der Waals surface area contributed by atoms with Gasteiger partial charge in [-0.15, -0.1) is 0 Å². The highest BCUT2D eigenvalue weighted by atomic mass is 16.5. The highest BCUT2D eigenvalue weighted by molar-refractivity contribution is 5.91. The molecule has 8 atom stereocenters. The first-order valence-electron chi connectivity index (χ1n) is 11.1. The smallest absolute Gasteiger partial charge is 0.303 e. The topological polar surface area (TPSA) is 101 Å². The van der Waals surface area contributed by atoms with Crippen molar-refractivity contribution in [2.24, 2.45) is 34.5 Å². The van der Waals surface area contributed by atoms with Gasteiger partial charge in [0.2, 0.25) is 5.78 Å². The van der Waals surface area contributed by atoms with Crippen LogP contribution in [0.1, 0.15) is 72.1 Å². The molecule has 4 rings (SSSR count). The van der Waals surface area contributed by atoms with Gasteiger partial charge in [-0.05, 0) is 67.6 Å². The second-order valence-electron chi connectivity index (χ2n) is 10.6. The molecule has 2 N–H and O–H groups in total. The van der Waals surface area contributed by atoms with Crippen LogP contribution in [-0.2, 0) is 19.1 Å². The normalized spacial score (nSPS) is 49.0. The van der Waals surface area contributed by atoms with Crippen LogP contribution in [0, 0.1) is 34.5 Å². The molecular weight excluding hydrogens is 372 g/mol. The Hall–Kier alpha value is -1.27. The van der Waals surface area contributed by atoms with Crippen LogP contribution in [0.3, 0.4) is 0 Å². The van der Waals surface area contributed by atoms with Crippen molar-refractivity contribution in [2.75, 3.05) is 6.61 Å². The summed E-state index contributed by atoms with van der Waals surface area (Å²) in [4.78, 5) is 36.1. The first kappa shape index (κ1) is 21.0. The predicted octanol–water partition coefficient (Wildman–Crippen LogP) is 2.43. The maximum absolute atomic E-state index is 12.9. The number of aliphatic hydroxyl groups excluding tert-OH is 1. The molecule has 1 unspecified atom stereocenters. The Morgan fingerprint density at radius 3 is 2.59 bits per heavy atom. The van der Waals surface area contributed by atoms with E-state index in [0.29, 0.717) is 37.4 Å². The Morgan fingerprint density at radius 2 is 1.90 bits per heavy atom. The molecule has 29 heavy (non-hydrogen) atoms. The molecule has 4 aliphatic carbocycles. The fraction of sp³-hybridized carbons (Fsp3) is 0.870. The second-order valence-corrected chi connectivity index (χ2v) is 10.6. The van der Waals surface area contributed by atoms with Crippen molar-refractivity contribution in [1.82, 2.24) is 0 Å². The molecule has 0 spiro atoms. The third kappa shape index (κ3) is 2.93. The fourth-order valence-electron chi connectivity index (χ4n) is 7.92. The molecule has 0 aromatic rings. The van der Waals surface area contributed by atoms with Gasteiger partial charge in [-0.2, -0.15) is 0 Å². The van der Waals surface area contributed by atoms with E-state index < -0.39 is 35.5 Å². The minimum absolute atomic E-state index is 0.0555. The Labute approximate surface area is 172 Å². The predicted molar refractivity (Wildman–Crippen MR) is 105 cm³/mol. The summed E-state index contributed by atoms with van der Waals surface area (Å²) in [6.45, 7) is 5.02. The maximum Gasteiger partial charge on any atom is 0.303 e. The molecule has 0 amide bonds. The number of hydrogen-bond donors (Lipinski definition) is 2.